The van der Waals surface area contributed by atoms with E-state index in [1.165, 1.54) is 5.56 Å². The van der Waals surface area contributed by atoms with Gasteiger partial charge in [-0.3, -0.25) is 0 Å². The van der Waals surface area contributed by atoms with E-state index >= 15 is 0 Å². The second-order valence-electron chi connectivity index (χ2n) is 4.79. The summed E-state index contributed by atoms with van der Waals surface area (Å²) in [5.41, 5.74) is 7.74. The summed E-state index contributed by atoms with van der Waals surface area (Å²) in [4.78, 5) is 0. The van der Waals surface area contributed by atoms with Gasteiger partial charge in [0.15, 0.2) is 0 Å². The molecule has 0 radical (unpaired) electrons. The number of hydrogen-bond donors (Lipinski definition) is 1. The molecule has 0 bridgehead atoms. The van der Waals surface area contributed by atoms with E-state index in [2.05, 4.69) is 0 Å². The maximum absolute atomic E-state index is 5.97. The van der Waals surface area contributed by atoms with E-state index in [-0.39, 0.29) is 0 Å². The van der Waals surface area contributed by atoms with E-state index in [9.17, 15) is 0 Å². The summed E-state index contributed by atoms with van der Waals surface area (Å²) >= 11 is 5.97. The monoisotopic (exact) mass is 305 g/mol. The number of hydrogen-bond acceptors (Lipinski definition) is 3. The molecule has 2 aromatic carbocycles. The SMILES string of the molecule is Cc1cc(OCCOc2cccc(CCN)c2)ccc1Cl. The average Bonchev–Trinajstić information content (AvgIpc) is 2.48. The molecule has 4 heteroatoms. The molecule has 2 rings (SSSR count). The minimum Gasteiger partial charge on any atom is -0.490 e. The highest BCUT2D eigenvalue weighted by atomic mass is 35.5. The topological polar surface area (TPSA) is 44.5 Å². The van der Waals surface area contributed by atoms with Crippen molar-refractivity contribution in [2.24, 2.45) is 5.73 Å². The van der Waals surface area contributed by atoms with Crippen LogP contribution in [0.15, 0.2) is 42.5 Å². The zero-order chi connectivity index (χ0) is 15.1. The summed E-state index contributed by atoms with van der Waals surface area (Å²) in [6, 6.07) is 13.6. The highest BCUT2D eigenvalue weighted by Gasteiger charge is 2.00. The van der Waals surface area contributed by atoms with Gasteiger partial charge in [-0.05, 0) is 61.3 Å². The largest absolute Gasteiger partial charge is 0.490 e. The molecular formula is C17H20ClNO2. The van der Waals surface area contributed by atoms with Crippen LogP contribution in [0.3, 0.4) is 0 Å². The molecule has 0 atom stereocenters. The lowest BCUT2D eigenvalue weighted by Crippen LogP contribution is -2.09. The highest BCUT2D eigenvalue weighted by Crippen LogP contribution is 2.21. The highest BCUT2D eigenvalue weighted by molar-refractivity contribution is 6.31. The predicted molar refractivity (Wildman–Crippen MR) is 86.4 cm³/mol. The maximum atomic E-state index is 5.97. The van der Waals surface area contributed by atoms with Gasteiger partial charge in [-0.25, -0.2) is 0 Å². The first-order valence-electron chi connectivity index (χ1n) is 7.00. The summed E-state index contributed by atoms with van der Waals surface area (Å²) < 4.78 is 11.3. The van der Waals surface area contributed by atoms with E-state index in [0.717, 1.165) is 28.5 Å². The molecule has 0 fully saturated rings. The van der Waals surface area contributed by atoms with Crippen LogP contribution in [0.4, 0.5) is 0 Å². The molecule has 0 saturated heterocycles. The summed E-state index contributed by atoms with van der Waals surface area (Å²) in [6.07, 6.45) is 0.859. The van der Waals surface area contributed by atoms with Crippen molar-refractivity contribution in [1.82, 2.24) is 0 Å². The van der Waals surface area contributed by atoms with Crippen LogP contribution in [0.1, 0.15) is 11.1 Å². The van der Waals surface area contributed by atoms with Gasteiger partial charge in [-0.2, -0.15) is 0 Å². The number of nitrogens with two attached hydrogens (primary N) is 1. The van der Waals surface area contributed by atoms with Crippen molar-refractivity contribution in [1.29, 1.82) is 0 Å². The first-order chi connectivity index (χ1) is 10.2. The number of ether oxygens (including phenoxy) is 2. The van der Waals surface area contributed by atoms with Gasteiger partial charge in [-0.1, -0.05) is 23.7 Å². The summed E-state index contributed by atoms with van der Waals surface area (Å²) in [5, 5.41) is 0.746. The fourth-order valence-corrected chi connectivity index (χ4v) is 2.10. The van der Waals surface area contributed by atoms with Crippen molar-refractivity contribution < 1.29 is 9.47 Å². The fourth-order valence-electron chi connectivity index (χ4n) is 1.98. The lowest BCUT2D eigenvalue weighted by atomic mass is 10.1. The Balaban J connectivity index is 1.79. The molecule has 112 valence electrons. The van der Waals surface area contributed by atoms with Crippen molar-refractivity contribution in [2.75, 3.05) is 19.8 Å². The van der Waals surface area contributed by atoms with Crippen molar-refractivity contribution in [3.8, 4) is 11.5 Å². The molecule has 0 spiro atoms. The van der Waals surface area contributed by atoms with E-state index in [0.29, 0.717) is 19.8 Å². The molecule has 0 aliphatic rings. The smallest absolute Gasteiger partial charge is 0.122 e. The average molecular weight is 306 g/mol. The van der Waals surface area contributed by atoms with Gasteiger partial charge in [0.05, 0.1) is 0 Å². The molecule has 3 nitrogen and oxygen atoms in total. The van der Waals surface area contributed by atoms with Gasteiger partial charge in [0.2, 0.25) is 0 Å². The van der Waals surface area contributed by atoms with Crippen molar-refractivity contribution >= 4 is 11.6 Å². The number of halogens is 1. The van der Waals surface area contributed by atoms with Gasteiger partial charge < -0.3 is 15.2 Å². The van der Waals surface area contributed by atoms with Crippen LogP contribution in [-0.2, 0) is 6.42 Å². The van der Waals surface area contributed by atoms with E-state index < -0.39 is 0 Å². The Morgan fingerprint density at radius 1 is 1.00 bits per heavy atom. The lowest BCUT2D eigenvalue weighted by Gasteiger charge is -2.10. The molecule has 0 heterocycles. The molecule has 0 saturated carbocycles. The summed E-state index contributed by atoms with van der Waals surface area (Å²) in [7, 11) is 0. The third-order valence-corrected chi connectivity index (χ3v) is 3.51. The predicted octanol–water partition coefficient (Wildman–Crippen LogP) is 3.61. The summed E-state index contributed by atoms with van der Waals surface area (Å²) in [6.45, 7) is 3.58. The van der Waals surface area contributed by atoms with E-state index in [4.69, 9.17) is 26.8 Å². The molecule has 0 amide bonds. The van der Waals surface area contributed by atoms with Gasteiger partial charge in [0, 0.05) is 5.02 Å². The van der Waals surface area contributed by atoms with Crippen LogP contribution in [-0.4, -0.2) is 19.8 Å². The zero-order valence-corrected chi connectivity index (χ0v) is 12.9. The van der Waals surface area contributed by atoms with Crippen LogP contribution < -0.4 is 15.2 Å². The van der Waals surface area contributed by atoms with Gasteiger partial charge in [-0.15, -0.1) is 0 Å². The fraction of sp³-hybridized carbons (Fsp3) is 0.294. The molecule has 0 unspecified atom stereocenters. The minimum atomic E-state index is 0.488. The van der Waals surface area contributed by atoms with Gasteiger partial charge >= 0.3 is 0 Å². The summed E-state index contributed by atoms with van der Waals surface area (Å²) in [5.74, 6) is 1.65. The normalized spacial score (nSPS) is 10.4. The second kappa shape index (κ2) is 7.91. The van der Waals surface area contributed by atoms with Gasteiger partial charge in [0.25, 0.3) is 0 Å². The molecule has 2 aromatic rings. The number of benzene rings is 2. The minimum absolute atomic E-state index is 0.488. The Morgan fingerprint density at radius 3 is 2.38 bits per heavy atom. The molecule has 0 aliphatic carbocycles. The van der Waals surface area contributed by atoms with Crippen LogP contribution in [0.5, 0.6) is 11.5 Å². The van der Waals surface area contributed by atoms with Crippen LogP contribution in [0.25, 0.3) is 0 Å². The Bertz CT molecular complexity index is 587. The standard InChI is InChI=1S/C17H20ClNO2/c1-13-11-16(5-6-17(13)18)21-10-9-20-15-4-2-3-14(12-15)7-8-19/h2-6,11-12H,7-10,19H2,1H3. The van der Waals surface area contributed by atoms with Gasteiger partial charge in [0.1, 0.15) is 24.7 Å². The van der Waals surface area contributed by atoms with Crippen molar-refractivity contribution in [3.63, 3.8) is 0 Å². The zero-order valence-electron chi connectivity index (χ0n) is 12.1. The Kier molecular flexibility index (Phi) is 5.90. The number of rotatable bonds is 7. The molecule has 0 aliphatic heterocycles. The molecule has 0 aromatic heterocycles. The first kappa shape index (κ1) is 15.7. The van der Waals surface area contributed by atoms with Crippen molar-refractivity contribution in [3.05, 3.63) is 58.6 Å². The lowest BCUT2D eigenvalue weighted by molar-refractivity contribution is 0.217. The Morgan fingerprint density at radius 2 is 1.71 bits per heavy atom. The maximum Gasteiger partial charge on any atom is 0.122 e. The second-order valence-corrected chi connectivity index (χ2v) is 5.20. The third-order valence-electron chi connectivity index (χ3n) is 3.08. The quantitative estimate of drug-likeness (QED) is 0.795. The molecule has 2 N–H and O–H groups in total. The number of aryl methyl sites for hydroxylation is 1. The third kappa shape index (κ3) is 4.96. The van der Waals surface area contributed by atoms with Crippen LogP contribution >= 0.6 is 11.6 Å². The first-order valence-corrected chi connectivity index (χ1v) is 7.37. The van der Waals surface area contributed by atoms with Crippen LogP contribution in [0.2, 0.25) is 5.02 Å². The molecule has 21 heavy (non-hydrogen) atoms. The van der Waals surface area contributed by atoms with E-state index in [1.54, 1.807) is 0 Å². The Labute approximate surface area is 130 Å². The van der Waals surface area contributed by atoms with Crippen molar-refractivity contribution in [2.45, 2.75) is 13.3 Å². The van der Waals surface area contributed by atoms with Crippen LogP contribution in [0, 0.1) is 6.92 Å². The van der Waals surface area contributed by atoms with E-state index in [1.807, 2.05) is 49.4 Å². The molecular weight excluding hydrogens is 286 g/mol. The Hall–Kier alpha value is -1.71.